The van der Waals surface area contributed by atoms with Crippen LogP contribution in [0.5, 0.6) is 0 Å². The maximum absolute atomic E-state index is 9.62. The van der Waals surface area contributed by atoms with Crippen molar-refractivity contribution in [1.82, 2.24) is 0 Å². The molecule has 0 spiro atoms. The normalized spacial score (nSPS) is 12.9. The second-order valence-corrected chi connectivity index (χ2v) is 5.21. The van der Waals surface area contributed by atoms with Gasteiger partial charge in [-0.2, -0.15) is 3.44 Å². The third-order valence-electron chi connectivity index (χ3n) is 2.77. The van der Waals surface area contributed by atoms with E-state index < -0.39 is 21.6 Å². The van der Waals surface area contributed by atoms with Gasteiger partial charge in [-0.05, 0) is 18.4 Å². The summed E-state index contributed by atoms with van der Waals surface area (Å²) < 4.78 is 16.0. The number of hydrogen-bond acceptors (Lipinski definition) is 2. The Morgan fingerprint density at radius 2 is 1.94 bits per heavy atom. The van der Waals surface area contributed by atoms with Crippen LogP contribution < -0.4 is 21.6 Å². The Labute approximate surface area is 106 Å². The minimum Gasteiger partial charge on any atom is -0.377 e. The molecule has 0 saturated carbocycles. The molecule has 0 aliphatic carbocycles. The molecule has 0 heterocycles. The van der Waals surface area contributed by atoms with Gasteiger partial charge in [-0.1, -0.05) is 30.3 Å². The molecule has 0 fully saturated rings. The standard InChI is InChI=1S/C13H14IO2/c1-9(16-2)11-8-7-10-5-3-4-6-12(10)13(11)14-15/h3-9,15H,1-2H3/q+1/t9-/m0/s1. The van der Waals surface area contributed by atoms with Gasteiger partial charge >= 0.3 is 21.6 Å². The first-order valence-corrected chi connectivity index (χ1v) is 7.15. The number of halogens is 1. The summed E-state index contributed by atoms with van der Waals surface area (Å²) in [5.74, 6) is 0. The molecule has 0 aromatic heterocycles. The molecule has 0 amide bonds. The van der Waals surface area contributed by atoms with Crippen molar-refractivity contribution in [2.75, 3.05) is 7.11 Å². The number of methoxy groups -OCH3 is 1. The summed E-state index contributed by atoms with van der Waals surface area (Å²) in [5, 5.41) is 2.33. The van der Waals surface area contributed by atoms with Gasteiger partial charge < -0.3 is 4.74 Å². The highest BCUT2D eigenvalue weighted by Crippen LogP contribution is 2.22. The van der Waals surface area contributed by atoms with Crippen LogP contribution in [0, 0.1) is 3.57 Å². The Balaban J connectivity index is 2.67. The third-order valence-corrected chi connectivity index (χ3v) is 4.46. The van der Waals surface area contributed by atoms with Gasteiger partial charge in [0.15, 0.2) is 0 Å². The van der Waals surface area contributed by atoms with Crippen molar-refractivity contribution in [2.45, 2.75) is 13.0 Å². The lowest BCUT2D eigenvalue weighted by atomic mass is 10.0. The first-order chi connectivity index (χ1) is 7.77. The van der Waals surface area contributed by atoms with Gasteiger partial charge in [0.2, 0.25) is 3.57 Å². The van der Waals surface area contributed by atoms with Crippen LogP contribution in [-0.4, -0.2) is 10.5 Å². The molecule has 1 atom stereocenters. The molecule has 0 bridgehead atoms. The Morgan fingerprint density at radius 1 is 1.19 bits per heavy atom. The summed E-state index contributed by atoms with van der Waals surface area (Å²) in [6.07, 6.45) is 0.0338. The van der Waals surface area contributed by atoms with E-state index in [0.29, 0.717) is 0 Å². The zero-order valence-corrected chi connectivity index (χ0v) is 11.4. The van der Waals surface area contributed by atoms with Crippen LogP contribution in [-0.2, 0) is 4.74 Å². The number of benzene rings is 2. The monoisotopic (exact) mass is 329 g/mol. The molecule has 2 rings (SSSR count). The van der Waals surface area contributed by atoms with E-state index in [1.54, 1.807) is 7.11 Å². The van der Waals surface area contributed by atoms with Gasteiger partial charge in [0, 0.05) is 18.1 Å². The summed E-state index contributed by atoms with van der Waals surface area (Å²) in [7, 11) is 1.69. The lowest BCUT2D eigenvalue weighted by Crippen LogP contribution is -3.61. The number of hydrogen-bond donors (Lipinski definition) is 1. The van der Waals surface area contributed by atoms with Crippen molar-refractivity contribution in [2.24, 2.45) is 0 Å². The molecule has 84 valence electrons. The third kappa shape index (κ3) is 2.07. The van der Waals surface area contributed by atoms with Crippen LogP contribution in [0.2, 0.25) is 0 Å². The maximum atomic E-state index is 9.62. The predicted octanol–water partition coefficient (Wildman–Crippen LogP) is -0.287. The molecule has 0 unspecified atom stereocenters. The summed E-state index contributed by atoms with van der Waals surface area (Å²) in [5.41, 5.74) is 1.11. The van der Waals surface area contributed by atoms with Crippen LogP contribution in [0.3, 0.4) is 0 Å². The van der Waals surface area contributed by atoms with Crippen molar-refractivity contribution in [1.29, 1.82) is 0 Å². The zero-order valence-electron chi connectivity index (χ0n) is 9.27. The molecule has 2 aromatic carbocycles. The van der Waals surface area contributed by atoms with Crippen molar-refractivity contribution >= 4 is 10.8 Å². The van der Waals surface area contributed by atoms with E-state index in [-0.39, 0.29) is 6.10 Å². The number of rotatable bonds is 3. The molecule has 0 radical (unpaired) electrons. The predicted molar refractivity (Wildman–Crippen MR) is 60.3 cm³/mol. The highest BCUT2D eigenvalue weighted by Gasteiger charge is 2.23. The van der Waals surface area contributed by atoms with E-state index in [0.717, 1.165) is 14.5 Å². The summed E-state index contributed by atoms with van der Waals surface area (Å²) >= 11 is -0.934. The van der Waals surface area contributed by atoms with E-state index in [1.807, 2.05) is 19.1 Å². The van der Waals surface area contributed by atoms with Crippen LogP contribution in [0.1, 0.15) is 18.6 Å². The van der Waals surface area contributed by atoms with E-state index in [1.165, 1.54) is 5.39 Å². The number of ether oxygens (including phenoxy) is 1. The van der Waals surface area contributed by atoms with Gasteiger partial charge in [0.05, 0.1) is 6.10 Å². The molecule has 1 N–H and O–H groups in total. The Morgan fingerprint density at radius 3 is 2.62 bits per heavy atom. The fraction of sp³-hybridized carbons (Fsp3) is 0.231. The molecular weight excluding hydrogens is 315 g/mol. The van der Waals surface area contributed by atoms with Crippen LogP contribution >= 0.6 is 0 Å². The average molecular weight is 329 g/mol. The van der Waals surface area contributed by atoms with E-state index in [2.05, 4.69) is 24.3 Å². The summed E-state index contributed by atoms with van der Waals surface area (Å²) in [4.78, 5) is 0. The molecule has 2 nitrogen and oxygen atoms in total. The van der Waals surface area contributed by atoms with Gasteiger partial charge in [0.25, 0.3) is 0 Å². The largest absolute Gasteiger partial charge is 0.520 e. The average Bonchev–Trinajstić information content (AvgIpc) is 2.36. The maximum Gasteiger partial charge on any atom is 0.520 e. The fourth-order valence-corrected chi connectivity index (χ4v) is 3.43. The van der Waals surface area contributed by atoms with E-state index >= 15 is 0 Å². The second kappa shape index (κ2) is 5.12. The highest BCUT2D eigenvalue weighted by atomic mass is 127. The summed E-state index contributed by atoms with van der Waals surface area (Å²) in [6.45, 7) is 2.01. The number of fused-ring (bicyclic) bond motifs is 1. The van der Waals surface area contributed by atoms with Crippen LogP contribution in [0.4, 0.5) is 0 Å². The highest BCUT2D eigenvalue weighted by molar-refractivity contribution is 5.82. The Bertz CT molecular complexity index is 496. The zero-order chi connectivity index (χ0) is 11.5. The van der Waals surface area contributed by atoms with Crippen molar-refractivity contribution in [3.8, 4) is 0 Å². The minimum atomic E-state index is -0.934. The summed E-state index contributed by atoms with van der Waals surface area (Å²) in [6, 6.07) is 12.3. The van der Waals surface area contributed by atoms with Gasteiger partial charge in [-0.25, -0.2) is 0 Å². The van der Waals surface area contributed by atoms with Gasteiger partial charge in [0.1, 0.15) is 0 Å². The van der Waals surface area contributed by atoms with Crippen molar-refractivity contribution in [3.63, 3.8) is 0 Å². The van der Waals surface area contributed by atoms with Crippen LogP contribution in [0.15, 0.2) is 36.4 Å². The molecular formula is C13H14IO2+. The SMILES string of the molecule is CO[C@@H](C)c1ccc2ccccc2c1[I+]O. The molecule has 3 heteroatoms. The molecule has 2 aromatic rings. The topological polar surface area (TPSA) is 29.5 Å². The minimum absolute atomic E-state index is 0.0338. The van der Waals surface area contributed by atoms with Crippen molar-refractivity contribution in [3.05, 3.63) is 45.5 Å². The first kappa shape index (κ1) is 11.8. The van der Waals surface area contributed by atoms with E-state index in [9.17, 15) is 3.44 Å². The molecule has 0 aliphatic heterocycles. The molecule has 0 aliphatic rings. The lowest BCUT2D eigenvalue weighted by Gasteiger charge is -2.10. The lowest BCUT2D eigenvalue weighted by molar-refractivity contribution is -0.865. The first-order valence-electron chi connectivity index (χ1n) is 5.11. The van der Waals surface area contributed by atoms with Crippen LogP contribution in [0.25, 0.3) is 10.8 Å². The molecule has 0 saturated heterocycles. The van der Waals surface area contributed by atoms with Crippen molar-refractivity contribution < 1.29 is 29.8 Å². The Kier molecular flexibility index (Phi) is 3.78. The fourth-order valence-electron chi connectivity index (χ4n) is 1.79. The van der Waals surface area contributed by atoms with Gasteiger partial charge in [-0.3, -0.25) is 0 Å². The quantitative estimate of drug-likeness (QED) is 0.785. The van der Waals surface area contributed by atoms with Gasteiger partial charge in [-0.15, -0.1) is 0 Å². The smallest absolute Gasteiger partial charge is 0.377 e. The molecule has 16 heavy (non-hydrogen) atoms. The second-order valence-electron chi connectivity index (χ2n) is 3.65. The Hall–Kier alpha value is -0.650. The van der Waals surface area contributed by atoms with E-state index in [4.69, 9.17) is 4.74 Å².